The van der Waals surface area contributed by atoms with Gasteiger partial charge in [-0.15, -0.1) is 5.10 Å². The molecule has 0 bridgehead atoms. The first kappa shape index (κ1) is 25.9. The predicted molar refractivity (Wildman–Crippen MR) is 133 cm³/mol. The molecule has 12 nitrogen and oxygen atoms in total. The number of aromatic nitrogens is 5. The quantitative estimate of drug-likeness (QED) is 0.431. The zero-order valence-corrected chi connectivity index (χ0v) is 21.1. The van der Waals surface area contributed by atoms with Crippen LogP contribution < -0.4 is 26.6 Å². The molecule has 12 heteroatoms. The molecular formula is C23H33N7O5. The zero-order chi connectivity index (χ0) is 25.9. The lowest BCUT2D eigenvalue weighted by atomic mass is 10.00. The van der Waals surface area contributed by atoms with Crippen molar-refractivity contribution in [2.75, 3.05) is 38.0 Å². The van der Waals surface area contributed by atoms with E-state index in [-0.39, 0.29) is 37.0 Å². The molecule has 0 saturated heterocycles. The molecule has 3 heterocycles. The van der Waals surface area contributed by atoms with Gasteiger partial charge in [0.2, 0.25) is 11.8 Å². The molecule has 3 aromatic heterocycles. The summed E-state index contributed by atoms with van der Waals surface area (Å²) in [7, 11) is 4.86. The normalized spacial score (nSPS) is 11.3. The van der Waals surface area contributed by atoms with Crippen molar-refractivity contribution >= 4 is 28.4 Å². The van der Waals surface area contributed by atoms with E-state index in [0.717, 1.165) is 22.2 Å². The highest BCUT2D eigenvalue weighted by atomic mass is 16.5. The Hall–Kier alpha value is -3.67. The molecule has 3 rings (SSSR count). The molecular weight excluding hydrogens is 454 g/mol. The van der Waals surface area contributed by atoms with Gasteiger partial charge in [-0.1, -0.05) is 6.92 Å². The molecule has 0 aliphatic carbocycles. The van der Waals surface area contributed by atoms with Gasteiger partial charge in [0.1, 0.15) is 5.82 Å². The number of hydrogen-bond donors (Lipinski definition) is 2. The predicted octanol–water partition coefficient (Wildman–Crippen LogP) is 1.05. The first-order valence-electron chi connectivity index (χ1n) is 11.4. The number of aromatic amines is 1. The minimum Gasteiger partial charge on any atom is -0.479 e. The molecule has 3 N–H and O–H groups in total. The highest BCUT2D eigenvalue weighted by molar-refractivity contribution is 5.96. The summed E-state index contributed by atoms with van der Waals surface area (Å²) in [6.45, 7) is 6.34. The zero-order valence-electron chi connectivity index (χ0n) is 21.1. The molecule has 0 spiro atoms. The largest absolute Gasteiger partial charge is 0.479 e. The number of H-pyrrole nitrogens is 1. The Morgan fingerprint density at radius 2 is 1.94 bits per heavy atom. The molecule has 0 unspecified atom stereocenters. The van der Waals surface area contributed by atoms with E-state index < -0.39 is 11.2 Å². The van der Waals surface area contributed by atoms with Crippen molar-refractivity contribution in [3.8, 4) is 5.88 Å². The lowest BCUT2D eigenvalue weighted by molar-refractivity contribution is -0.118. The van der Waals surface area contributed by atoms with Crippen molar-refractivity contribution in [3.05, 3.63) is 37.7 Å². The van der Waals surface area contributed by atoms with Crippen molar-refractivity contribution in [3.63, 3.8) is 0 Å². The lowest BCUT2D eigenvalue weighted by Crippen LogP contribution is -2.42. The van der Waals surface area contributed by atoms with Crippen LogP contribution in [0, 0.1) is 13.8 Å². The fourth-order valence-electron chi connectivity index (χ4n) is 4.30. The summed E-state index contributed by atoms with van der Waals surface area (Å²) >= 11 is 0. The Balaban J connectivity index is 1.98. The Kier molecular flexibility index (Phi) is 7.95. The van der Waals surface area contributed by atoms with E-state index in [0.29, 0.717) is 30.9 Å². The van der Waals surface area contributed by atoms with Gasteiger partial charge < -0.3 is 20.1 Å². The molecule has 35 heavy (non-hydrogen) atoms. The van der Waals surface area contributed by atoms with Gasteiger partial charge in [0.15, 0.2) is 11.3 Å². The number of hydrogen-bond acceptors (Lipinski definition) is 8. The summed E-state index contributed by atoms with van der Waals surface area (Å²) in [5.74, 6) is 0.109. The van der Waals surface area contributed by atoms with Crippen LogP contribution in [0.2, 0.25) is 0 Å². The molecule has 0 atom stereocenters. The van der Waals surface area contributed by atoms with Gasteiger partial charge in [0.05, 0.1) is 19.1 Å². The van der Waals surface area contributed by atoms with E-state index in [2.05, 4.69) is 15.1 Å². The first-order chi connectivity index (χ1) is 16.7. The number of pyridine rings is 1. The van der Waals surface area contributed by atoms with Crippen LogP contribution in [0.5, 0.6) is 5.88 Å². The van der Waals surface area contributed by atoms with Crippen LogP contribution in [0.3, 0.4) is 0 Å². The number of nitrogen functional groups attached to an aromatic ring is 1. The fourth-order valence-corrected chi connectivity index (χ4v) is 4.30. The highest BCUT2D eigenvalue weighted by Gasteiger charge is 2.25. The van der Waals surface area contributed by atoms with E-state index in [1.807, 2.05) is 20.8 Å². The van der Waals surface area contributed by atoms with Crippen molar-refractivity contribution in [2.24, 2.45) is 7.05 Å². The molecule has 1 amide bonds. The van der Waals surface area contributed by atoms with Crippen LogP contribution in [0.4, 0.5) is 11.5 Å². The molecule has 0 saturated carbocycles. The number of methoxy groups -OCH3 is 2. The molecule has 0 aromatic carbocycles. The average Bonchev–Trinajstić information content (AvgIpc) is 3.13. The summed E-state index contributed by atoms with van der Waals surface area (Å²) in [6, 6.07) is 0. The van der Waals surface area contributed by atoms with Crippen LogP contribution in [-0.2, 0) is 29.5 Å². The van der Waals surface area contributed by atoms with Crippen molar-refractivity contribution < 1.29 is 14.3 Å². The van der Waals surface area contributed by atoms with Crippen molar-refractivity contribution in [1.29, 1.82) is 0 Å². The minimum absolute atomic E-state index is 0.0411. The van der Waals surface area contributed by atoms with Gasteiger partial charge >= 0.3 is 5.69 Å². The topological polar surface area (TPSA) is 150 Å². The molecule has 0 radical (unpaired) electrons. The van der Waals surface area contributed by atoms with E-state index in [9.17, 15) is 14.4 Å². The molecule has 190 valence electrons. The lowest BCUT2D eigenvalue weighted by Gasteiger charge is -2.24. The van der Waals surface area contributed by atoms with Gasteiger partial charge in [-0.05, 0) is 37.8 Å². The monoisotopic (exact) mass is 487 g/mol. The van der Waals surface area contributed by atoms with E-state index in [1.54, 1.807) is 18.8 Å². The maximum atomic E-state index is 13.4. The third-order valence-electron chi connectivity index (χ3n) is 6.06. The second kappa shape index (κ2) is 10.7. The van der Waals surface area contributed by atoms with Crippen molar-refractivity contribution in [1.82, 2.24) is 24.3 Å². The number of aryl methyl sites for hydroxylation is 3. The smallest absolute Gasteiger partial charge is 0.330 e. The molecule has 0 fully saturated rings. The summed E-state index contributed by atoms with van der Waals surface area (Å²) in [5, 5.41) is 5.16. The van der Waals surface area contributed by atoms with E-state index in [1.165, 1.54) is 16.6 Å². The summed E-state index contributed by atoms with van der Waals surface area (Å²) in [5.41, 5.74) is 8.17. The van der Waals surface area contributed by atoms with E-state index in [4.69, 9.17) is 15.2 Å². The number of ether oxygens (including phenoxy) is 2. The number of amides is 1. The van der Waals surface area contributed by atoms with Crippen LogP contribution in [-0.4, -0.2) is 57.6 Å². The summed E-state index contributed by atoms with van der Waals surface area (Å²) in [6.07, 6.45) is 1.10. The Morgan fingerprint density at radius 1 is 1.23 bits per heavy atom. The number of anilines is 2. The number of fused-ring (bicyclic) bond motifs is 1. The molecule has 0 aliphatic rings. The van der Waals surface area contributed by atoms with Gasteiger partial charge in [0.25, 0.3) is 5.56 Å². The summed E-state index contributed by atoms with van der Waals surface area (Å²) in [4.78, 5) is 46.6. The summed E-state index contributed by atoms with van der Waals surface area (Å²) < 4.78 is 13.5. The molecule has 0 aliphatic heterocycles. The highest BCUT2D eigenvalue weighted by Crippen LogP contribution is 2.30. The minimum atomic E-state index is -0.708. The number of nitrogens with two attached hydrogens (primary N) is 1. The second-order valence-corrected chi connectivity index (χ2v) is 8.32. The van der Waals surface area contributed by atoms with Gasteiger partial charge in [-0.2, -0.15) is 0 Å². The maximum absolute atomic E-state index is 13.4. The third-order valence-corrected chi connectivity index (χ3v) is 6.06. The maximum Gasteiger partial charge on any atom is 0.330 e. The number of nitrogens with zero attached hydrogens (tertiary/aromatic N) is 5. The number of nitrogens with one attached hydrogen (secondary N) is 1. The van der Waals surface area contributed by atoms with Gasteiger partial charge in [-0.3, -0.25) is 19.1 Å². The second-order valence-electron chi connectivity index (χ2n) is 8.32. The van der Waals surface area contributed by atoms with E-state index >= 15 is 0 Å². The Bertz CT molecular complexity index is 1360. The van der Waals surface area contributed by atoms with Crippen LogP contribution in [0.25, 0.3) is 11.0 Å². The van der Waals surface area contributed by atoms with Crippen LogP contribution >= 0.6 is 0 Å². The Labute approximate surface area is 202 Å². The Morgan fingerprint density at radius 3 is 2.57 bits per heavy atom. The standard InChI is InChI=1S/C23H33N7O5/c1-7-10-30-19(24)18(21(32)26-23(30)33)29(11-12-34-5)16(31)9-8-15-13(2)17-20(25-14(15)3)28(4)27-22(17)35-6/h7-12,24H2,1-6H3,(H,26,32,33). The van der Waals surface area contributed by atoms with Gasteiger partial charge in [0, 0.05) is 39.4 Å². The fraction of sp³-hybridized carbons (Fsp3) is 0.522. The number of rotatable bonds is 10. The number of carbonyl (C=O) groups excluding carboxylic acids is 1. The SMILES string of the molecule is CCCn1c(N)c(N(CCOC)C(=O)CCc2c(C)nc3c(c(OC)nn3C)c2C)c(=O)[nH]c1=O. The first-order valence-corrected chi connectivity index (χ1v) is 11.4. The average molecular weight is 488 g/mol. The van der Waals surface area contributed by atoms with Crippen molar-refractivity contribution in [2.45, 2.75) is 46.6 Å². The third kappa shape index (κ3) is 4.92. The van der Waals surface area contributed by atoms with Gasteiger partial charge in [-0.25, -0.2) is 14.5 Å². The van der Waals surface area contributed by atoms with Crippen LogP contribution in [0.1, 0.15) is 36.6 Å². The number of carbonyl (C=O) groups is 1. The molecule has 3 aromatic rings. The van der Waals surface area contributed by atoms with Crippen LogP contribution in [0.15, 0.2) is 9.59 Å².